The summed E-state index contributed by atoms with van der Waals surface area (Å²) < 4.78 is 0. The van der Waals surface area contributed by atoms with Gasteiger partial charge in [0.05, 0.1) is 10.6 Å². The Bertz CT molecular complexity index is 818. The highest BCUT2D eigenvalue weighted by Crippen LogP contribution is 2.22. The highest BCUT2D eigenvalue weighted by Gasteiger charge is 2.18. The van der Waals surface area contributed by atoms with Crippen molar-refractivity contribution in [2.45, 2.75) is 12.8 Å². The molecular weight excluding hydrogens is 348 g/mol. The van der Waals surface area contributed by atoms with E-state index >= 15 is 0 Å². The number of amides is 2. The van der Waals surface area contributed by atoms with E-state index in [-0.39, 0.29) is 18.2 Å². The van der Waals surface area contributed by atoms with E-state index in [2.05, 4.69) is 23.5 Å². The van der Waals surface area contributed by atoms with Gasteiger partial charge in [0.1, 0.15) is 0 Å². The van der Waals surface area contributed by atoms with Gasteiger partial charge in [-0.1, -0.05) is 60.1 Å². The number of rotatable bonds is 5. The normalized spacial score (nSPS) is 13.9. The summed E-state index contributed by atoms with van der Waals surface area (Å²) in [4.78, 5) is 26.3. The van der Waals surface area contributed by atoms with Gasteiger partial charge < -0.3 is 10.2 Å². The molecule has 134 valence electrons. The summed E-state index contributed by atoms with van der Waals surface area (Å²) in [6.07, 6.45) is 3.24. The van der Waals surface area contributed by atoms with Crippen LogP contribution in [0.4, 0.5) is 0 Å². The monoisotopic (exact) mass is 368 g/mol. The lowest BCUT2D eigenvalue weighted by Gasteiger charge is -2.27. The Morgan fingerprint density at radius 1 is 1.04 bits per heavy atom. The second-order valence-corrected chi connectivity index (χ2v) is 6.58. The zero-order valence-corrected chi connectivity index (χ0v) is 15.2. The third kappa shape index (κ3) is 4.52. The molecule has 0 saturated heterocycles. The van der Waals surface area contributed by atoms with Gasteiger partial charge >= 0.3 is 0 Å². The molecule has 0 aromatic heterocycles. The van der Waals surface area contributed by atoms with E-state index in [0.717, 1.165) is 6.42 Å². The fourth-order valence-electron chi connectivity index (χ4n) is 2.99. The third-order valence-electron chi connectivity index (χ3n) is 4.45. The number of halogens is 1. The highest BCUT2D eigenvalue weighted by atomic mass is 35.5. The molecule has 0 aliphatic carbocycles. The van der Waals surface area contributed by atoms with Crippen molar-refractivity contribution < 1.29 is 9.59 Å². The van der Waals surface area contributed by atoms with Crippen molar-refractivity contribution >= 4 is 29.0 Å². The van der Waals surface area contributed by atoms with Gasteiger partial charge in [-0.25, -0.2) is 0 Å². The first-order valence-electron chi connectivity index (χ1n) is 8.70. The lowest BCUT2D eigenvalue weighted by molar-refractivity contribution is -0.130. The van der Waals surface area contributed by atoms with Crippen LogP contribution in [0, 0.1) is 0 Å². The number of nitrogens with zero attached hydrogens (tertiary/aromatic N) is 1. The minimum absolute atomic E-state index is 0.0489. The van der Waals surface area contributed by atoms with Crippen molar-refractivity contribution in [1.29, 1.82) is 0 Å². The zero-order valence-electron chi connectivity index (χ0n) is 14.5. The summed E-state index contributed by atoms with van der Waals surface area (Å²) in [5, 5.41) is 3.17. The molecule has 1 aliphatic heterocycles. The van der Waals surface area contributed by atoms with E-state index in [1.54, 1.807) is 24.3 Å². The molecule has 0 atom stereocenters. The fourth-order valence-corrected chi connectivity index (χ4v) is 3.21. The maximum absolute atomic E-state index is 12.3. The molecule has 4 nitrogen and oxygen atoms in total. The summed E-state index contributed by atoms with van der Waals surface area (Å²) in [5.41, 5.74) is 2.92. The van der Waals surface area contributed by atoms with Crippen LogP contribution < -0.4 is 5.32 Å². The standard InChI is InChI=1S/C21H21ClN2O2/c22-19-9-5-4-8-18(19)21(26)23-13-10-20(25)24-14-11-17(12-15-24)16-6-2-1-3-7-16/h1-9,11H,10,12-15H2,(H,23,26). The third-order valence-corrected chi connectivity index (χ3v) is 4.78. The van der Waals surface area contributed by atoms with E-state index in [4.69, 9.17) is 11.6 Å². The summed E-state index contributed by atoms with van der Waals surface area (Å²) >= 11 is 6.00. The van der Waals surface area contributed by atoms with Crippen LogP contribution in [-0.2, 0) is 4.79 Å². The first kappa shape index (κ1) is 18.2. The maximum Gasteiger partial charge on any atom is 0.252 e. The summed E-state index contributed by atoms with van der Waals surface area (Å²) in [6.45, 7) is 1.62. The van der Waals surface area contributed by atoms with E-state index in [0.29, 0.717) is 30.2 Å². The smallest absolute Gasteiger partial charge is 0.252 e. The lowest BCUT2D eigenvalue weighted by Crippen LogP contribution is -2.37. The Morgan fingerprint density at radius 2 is 1.77 bits per heavy atom. The first-order valence-corrected chi connectivity index (χ1v) is 9.08. The number of hydrogen-bond donors (Lipinski definition) is 1. The van der Waals surface area contributed by atoms with Crippen molar-refractivity contribution in [1.82, 2.24) is 10.2 Å². The van der Waals surface area contributed by atoms with Gasteiger partial charge in [-0.3, -0.25) is 9.59 Å². The summed E-state index contributed by atoms with van der Waals surface area (Å²) in [5.74, 6) is -0.207. The van der Waals surface area contributed by atoms with Crippen LogP contribution in [0.5, 0.6) is 0 Å². The molecular formula is C21H21ClN2O2. The molecule has 2 amide bonds. The maximum atomic E-state index is 12.3. The topological polar surface area (TPSA) is 49.4 Å². The van der Waals surface area contributed by atoms with Crippen LogP contribution in [0.15, 0.2) is 60.7 Å². The average Bonchev–Trinajstić information content (AvgIpc) is 2.69. The molecule has 1 N–H and O–H groups in total. The van der Waals surface area contributed by atoms with Crippen LogP contribution in [0.2, 0.25) is 5.02 Å². The molecule has 1 heterocycles. The van der Waals surface area contributed by atoms with Gasteiger partial charge in [-0.15, -0.1) is 0 Å². The van der Waals surface area contributed by atoms with Crippen molar-refractivity contribution in [2.24, 2.45) is 0 Å². The summed E-state index contributed by atoms with van der Waals surface area (Å²) in [7, 11) is 0. The highest BCUT2D eigenvalue weighted by molar-refractivity contribution is 6.33. The SMILES string of the molecule is O=C(NCCC(=O)N1CC=C(c2ccccc2)CC1)c1ccccc1Cl. The molecule has 0 saturated carbocycles. The van der Waals surface area contributed by atoms with Crippen LogP contribution >= 0.6 is 11.6 Å². The first-order chi connectivity index (χ1) is 12.6. The second kappa shape index (κ2) is 8.68. The molecule has 0 unspecified atom stereocenters. The molecule has 3 rings (SSSR count). The van der Waals surface area contributed by atoms with Gasteiger partial charge in [0.2, 0.25) is 5.91 Å². The average molecular weight is 369 g/mol. The Hall–Kier alpha value is -2.59. The van der Waals surface area contributed by atoms with E-state index in [9.17, 15) is 9.59 Å². The van der Waals surface area contributed by atoms with Crippen LogP contribution in [0.1, 0.15) is 28.8 Å². The van der Waals surface area contributed by atoms with Gasteiger partial charge in [0, 0.05) is 26.1 Å². The van der Waals surface area contributed by atoms with Crippen molar-refractivity contribution in [2.75, 3.05) is 19.6 Å². The minimum atomic E-state index is -0.256. The van der Waals surface area contributed by atoms with Gasteiger partial charge in [0.25, 0.3) is 5.91 Å². The minimum Gasteiger partial charge on any atom is -0.351 e. The van der Waals surface area contributed by atoms with Crippen molar-refractivity contribution in [3.63, 3.8) is 0 Å². The van der Waals surface area contributed by atoms with Crippen LogP contribution in [0.25, 0.3) is 5.57 Å². The molecule has 0 fully saturated rings. The quantitative estimate of drug-likeness (QED) is 0.873. The Kier molecular flexibility index (Phi) is 6.08. The number of carbonyl (C=O) groups is 2. The van der Waals surface area contributed by atoms with E-state index in [1.165, 1.54) is 11.1 Å². The Labute approximate surface area is 158 Å². The number of nitrogens with one attached hydrogen (secondary N) is 1. The Morgan fingerprint density at radius 3 is 2.46 bits per heavy atom. The van der Waals surface area contributed by atoms with Gasteiger partial charge in [-0.2, -0.15) is 0 Å². The van der Waals surface area contributed by atoms with Crippen molar-refractivity contribution in [3.8, 4) is 0 Å². The summed E-state index contributed by atoms with van der Waals surface area (Å²) in [6, 6.07) is 17.1. The lowest BCUT2D eigenvalue weighted by atomic mass is 9.99. The van der Waals surface area contributed by atoms with Crippen molar-refractivity contribution in [3.05, 3.63) is 76.8 Å². The zero-order chi connectivity index (χ0) is 18.4. The van der Waals surface area contributed by atoms with Gasteiger partial charge in [0.15, 0.2) is 0 Å². The van der Waals surface area contributed by atoms with E-state index < -0.39 is 0 Å². The molecule has 0 spiro atoms. The van der Waals surface area contributed by atoms with Gasteiger partial charge in [-0.05, 0) is 29.7 Å². The largest absolute Gasteiger partial charge is 0.351 e. The number of carbonyl (C=O) groups excluding carboxylic acids is 2. The predicted molar refractivity (Wildman–Crippen MR) is 104 cm³/mol. The molecule has 0 bridgehead atoms. The Balaban J connectivity index is 1.47. The predicted octanol–water partition coefficient (Wildman–Crippen LogP) is 3.78. The molecule has 5 heteroatoms. The molecule has 1 aliphatic rings. The molecule has 26 heavy (non-hydrogen) atoms. The molecule has 0 radical (unpaired) electrons. The molecule has 2 aromatic rings. The van der Waals surface area contributed by atoms with Crippen LogP contribution in [-0.4, -0.2) is 36.3 Å². The van der Waals surface area contributed by atoms with Crippen LogP contribution in [0.3, 0.4) is 0 Å². The fraction of sp³-hybridized carbons (Fsp3) is 0.238. The second-order valence-electron chi connectivity index (χ2n) is 6.17. The number of hydrogen-bond acceptors (Lipinski definition) is 2. The van der Waals surface area contributed by atoms with E-state index in [1.807, 2.05) is 23.1 Å². The number of benzene rings is 2. The molecule has 2 aromatic carbocycles.